The van der Waals surface area contributed by atoms with Gasteiger partial charge in [-0.05, 0) is 62.9 Å². The summed E-state index contributed by atoms with van der Waals surface area (Å²) in [4.78, 5) is 23.1. The van der Waals surface area contributed by atoms with Crippen molar-refractivity contribution < 1.29 is 4.79 Å². The zero-order valence-electron chi connectivity index (χ0n) is 14.5. The van der Waals surface area contributed by atoms with Gasteiger partial charge < -0.3 is 10.2 Å². The van der Waals surface area contributed by atoms with Gasteiger partial charge in [-0.3, -0.25) is 4.79 Å². The van der Waals surface area contributed by atoms with Gasteiger partial charge in [0.15, 0.2) is 0 Å². The first kappa shape index (κ1) is 16.4. The second-order valence-corrected chi connectivity index (χ2v) is 6.61. The van der Waals surface area contributed by atoms with E-state index in [1.807, 2.05) is 19.1 Å². The molecule has 1 N–H and O–H groups in total. The maximum Gasteiger partial charge on any atom is 0.274 e. The molecule has 0 bridgehead atoms. The molecule has 0 aliphatic carbocycles. The molecule has 0 radical (unpaired) electrons. The van der Waals surface area contributed by atoms with Crippen molar-refractivity contribution in [2.24, 2.45) is 5.92 Å². The molecule has 1 aromatic heterocycles. The summed E-state index contributed by atoms with van der Waals surface area (Å²) in [6, 6.07) is 9.74. The number of nitrogens with one attached hydrogen (secondary N) is 1. The van der Waals surface area contributed by atoms with E-state index >= 15 is 0 Å². The maximum absolute atomic E-state index is 12.3. The monoisotopic (exact) mass is 324 g/mol. The first-order valence-electron chi connectivity index (χ1n) is 8.50. The third kappa shape index (κ3) is 3.91. The number of aromatic nitrogens is 2. The van der Waals surface area contributed by atoms with Crippen LogP contribution in [0.1, 0.15) is 41.8 Å². The number of benzene rings is 1. The summed E-state index contributed by atoms with van der Waals surface area (Å²) in [6.45, 7) is 8.17. The Kier molecular flexibility index (Phi) is 4.79. The van der Waals surface area contributed by atoms with Crippen LogP contribution in [0.15, 0.2) is 30.3 Å². The summed E-state index contributed by atoms with van der Waals surface area (Å²) < 4.78 is 0. The summed E-state index contributed by atoms with van der Waals surface area (Å²) in [5, 5.41) is 2.90. The van der Waals surface area contributed by atoms with Gasteiger partial charge in [-0.25, -0.2) is 9.97 Å². The van der Waals surface area contributed by atoms with Gasteiger partial charge >= 0.3 is 0 Å². The number of hydrogen-bond donors (Lipinski definition) is 1. The van der Waals surface area contributed by atoms with Crippen molar-refractivity contribution in [1.82, 2.24) is 9.97 Å². The number of nitrogens with zero attached hydrogens (tertiary/aromatic N) is 3. The third-order valence-electron chi connectivity index (χ3n) is 4.47. The second-order valence-electron chi connectivity index (χ2n) is 6.61. The fourth-order valence-corrected chi connectivity index (χ4v) is 3.05. The SMILES string of the molecule is Cc1cc(C(=O)Nc2ccc(N3CCC(C)CC3)cc2)nc(C)n1. The van der Waals surface area contributed by atoms with Gasteiger partial charge in [-0.2, -0.15) is 0 Å². The molecule has 3 rings (SSSR count). The van der Waals surface area contributed by atoms with E-state index in [2.05, 4.69) is 39.2 Å². The smallest absolute Gasteiger partial charge is 0.274 e. The van der Waals surface area contributed by atoms with Gasteiger partial charge in [0, 0.05) is 30.2 Å². The number of piperidine rings is 1. The van der Waals surface area contributed by atoms with Crippen LogP contribution < -0.4 is 10.2 Å². The Morgan fingerprint density at radius 1 is 1.12 bits per heavy atom. The Labute approximate surface area is 143 Å². The Hall–Kier alpha value is -2.43. The molecule has 0 spiro atoms. The Morgan fingerprint density at radius 3 is 2.42 bits per heavy atom. The Morgan fingerprint density at radius 2 is 1.79 bits per heavy atom. The molecule has 1 aromatic carbocycles. The summed E-state index contributed by atoms with van der Waals surface area (Å²) in [5.41, 5.74) is 3.19. The predicted molar refractivity (Wildman–Crippen MR) is 96.5 cm³/mol. The van der Waals surface area contributed by atoms with Crippen LogP contribution in [0, 0.1) is 19.8 Å². The van der Waals surface area contributed by atoms with Crippen LogP contribution in [-0.4, -0.2) is 29.0 Å². The molecule has 2 aromatic rings. The lowest BCUT2D eigenvalue weighted by Crippen LogP contribution is -2.32. The molecule has 126 valence electrons. The minimum atomic E-state index is -0.205. The molecule has 0 atom stereocenters. The molecule has 0 unspecified atom stereocenters. The molecule has 24 heavy (non-hydrogen) atoms. The first-order chi connectivity index (χ1) is 11.5. The number of carbonyl (C=O) groups is 1. The van der Waals surface area contributed by atoms with Gasteiger partial charge in [-0.15, -0.1) is 0 Å². The minimum absolute atomic E-state index is 0.205. The molecular weight excluding hydrogens is 300 g/mol. The number of amides is 1. The van der Waals surface area contributed by atoms with Crippen molar-refractivity contribution in [2.75, 3.05) is 23.3 Å². The lowest BCUT2D eigenvalue weighted by molar-refractivity contribution is 0.102. The highest BCUT2D eigenvalue weighted by molar-refractivity contribution is 6.03. The summed E-state index contributed by atoms with van der Waals surface area (Å²) in [6.07, 6.45) is 2.48. The molecule has 1 aliphatic heterocycles. The molecule has 1 fully saturated rings. The molecule has 5 nitrogen and oxygen atoms in total. The van der Waals surface area contributed by atoms with Gasteiger partial charge in [-0.1, -0.05) is 6.92 Å². The molecule has 1 aliphatic rings. The average molecular weight is 324 g/mol. The van der Waals surface area contributed by atoms with Crippen molar-refractivity contribution in [2.45, 2.75) is 33.6 Å². The fraction of sp³-hybridized carbons (Fsp3) is 0.421. The number of carbonyl (C=O) groups excluding carboxylic acids is 1. The van der Waals surface area contributed by atoms with Crippen LogP contribution in [0.2, 0.25) is 0 Å². The van der Waals surface area contributed by atoms with Crippen molar-refractivity contribution in [3.8, 4) is 0 Å². The van der Waals surface area contributed by atoms with Crippen molar-refractivity contribution >= 4 is 17.3 Å². The maximum atomic E-state index is 12.3. The Bertz CT molecular complexity index is 698. The quantitative estimate of drug-likeness (QED) is 0.937. The summed E-state index contributed by atoms with van der Waals surface area (Å²) in [5.74, 6) is 1.22. The van der Waals surface area contributed by atoms with E-state index < -0.39 is 0 Å². The van der Waals surface area contributed by atoms with E-state index in [1.54, 1.807) is 13.0 Å². The van der Waals surface area contributed by atoms with Crippen LogP contribution in [0.3, 0.4) is 0 Å². The van der Waals surface area contributed by atoms with E-state index in [4.69, 9.17) is 0 Å². The lowest BCUT2D eigenvalue weighted by atomic mass is 9.99. The third-order valence-corrected chi connectivity index (χ3v) is 4.47. The van der Waals surface area contributed by atoms with Crippen LogP contribution in [-0.2, 0) is 0 Å². The standard InChI is InChI=1S/C19H24N4O/c1-13-8-10-23(11-9-13)17-6-4-16(5-7-17)22-19(24)18-12-14(2)20-15(3)21-18/h4-7,12-13H,8-11H2,1-3H3,(H,22,24). The minimum Gasteiger partial charge on any atom is -0.372 e. The van der Waals surface area contributed by atoms with Gasteiger partial charge in [0.05, 0.1) is 0 Å². The van der Waals surface area contributed by atoms with Crippen LogP contribution in [0.5, 0.6) is 0 Å². The molecule has 1 saturated heterocycles. The van der Waals surface area contributed by atoms with E-state index in [1.165, 1.54) is 18.5 Å². The molecule has 0 saturated carbocycles. The zero-order chi connectivity index (χ0) is 17.1. The van der Waals surface area contributed by atoms with Crippen LogP contribution in [0.25, 0.3) is 0 Å². The van der Waals surface area contributed by atoms with Gasteiger partial charge in [0.1, 0.15) is 11.5 Å². The van der Waals surface area contributed by atoms with Crippen LogP contribution in [0.4, 0.5) is 11.4 Å². The largest absolute Gasteiger partial charge is 0.372 e. The molecular formula is C19H24N4O. The topological polar surface area (TPSA) is 58.1 Å². The fourth-order valence-electron chi connectivity index (χ4n) is 3.05. The number of hydrogen-bond acceptors (Lipinski definition) is 4. The highest BCUT2D eigenvalue weighted by Gasteiger charge is 2.16. The van der Waals surface area contributed by atoms with Crippen molar-refractivity contribution in [3.05, 3.63) is 47.5 Å². The molecule has 5 heteroatoms. The normalized spacial score (nSPS) is 15.4. The molecule has 2 heterocycles. The highest BCUT2D eigenvalue weighted by atomic mass is 16.1. The molecule has 1 amide bonds. The van der Waals surface area contributed by atoms with E-state index in [9.17, 15) is 4.79 Å². The van der Waals surface area contributed by atoms with E-state index in [0.29, 0.717) is 11.5 Å². The predicted octanol–water partition coefficient (Wildman–Crippen LogP) is 3.58. The average Bonchev–Trinajstić information content (AvgIpc) is 2.55. The second kappa shape index (κ2) is 6.99. The van der Waals surface area contributed by atoms with Gasteiger partial charge in [0.2, 0.25) is 0 Å². The first-order valence-corrected chi connectivity index (χ1v) is 8.50. The number of rotatable bonds is 3. The lowest BCUT2D eigenvalue weighted by Gasteiger charge is -2.32. The highest BCUT2D eigenvalue weighted by Crippen LogP contribution is 2.24. The van der Waals surface area contributed by atoms with E-state index in [0.717, 1.165) is 30.4 Å². The number of aryl methyl sites for hydroxylation is 2. The van der Waals surface area contributed by atoms with Crippen molar-refractivity contribution in [1.29, 1.82) is 0 Å². The summed E-state index contributed by atoms with van der Waals surface area (Å²) >= 11 is 0. The van der Waals surface area contributed by atoms with E-state index in [-0.39, 0.29) is 5.91 Å². The van der Waals surface area contributed by atoms with Crippen molar-refractivity contribution in [3.63, 3.8) is 0 Å². The summed E-state index contributed by atoms with van der Waals surface area (Å²) in [7, 11) is 0. The number of anilines is 2. The Balaban J connectivity index is 1.66. The zero-order valence-corrected chi connectivity index (χ0v) is 14.5. The van der Waals surface area contributed by atoms with Crippen LogP contribution >= 0.6 is 0 Å². The van der Waals surface area contributed by atoms with Gasteiger partial charge in [0.25, 0.3) is 5.91 Å².